The molecule has 0 aliphatic carbocycles. The van der Waals surface area contributed by atoms with Crippen LogP contribution in [0.15, 0.2) is 0 Å². The van der Waals surface area contributed by atoms with Crippen molar-refractivity contribution in [1.29, 1.82) is 0 Å². The van der Waals surface area contributed by atoms with E-state index in [1.54, 1.807) is 7.05 Å². The van der Waals surface area contributed by atoms with Gasteiger partial charge < -0.3 is 10.2 Å². The lowest BCUT2D eigenvalue weighted by Crippen LogP contribution is -2.56. The summed E-state index contributed by atoms with van der Waals surface area (Å²) in [6.07, 6.45) is -3.82. The molecule has 19 heavy (non-hydrogen) atoms. The van der Waals surface area contributed by atoms with Gasteiger partial charge in [-0.3, -0.25) is 4.79 Å². The third-order valence-corrected chi connectivity index (χ3v) is 3.24. The molecule has 0 bridgehead atoms. The van der Waals surface area contributed by atoms with Crippen LogP contribution in [-0.2, 0) is 4.79 Å². The molecule has 0 aromatic heterocycles. The molecule has 1 aliphatic heterocycles. The molecule has 1 N–H and O–H groups in total. The highest BCUT2D eigenvalue weighted by Crippen LogP contribution is 2.38. The molecule has 1 rings (SSSR count). The first-order valence-corrected chi connectivity index (χ1v) is 6.12. The Morgan fingerprint density at radius 2 is 1.89 bits per heavy atom. The summed E-state index contributed by atoms with van der Waals surface area (Å²) in [4.78, 5) is 12.2. The summed E-state index contributed by atoms with van der Waals surface area (Å²) in [5, 5.41) is 2.80. The highest BCUT2D eigenvalue weighted by atomic mass is 19.4. The molecule has 0 aromatic carbocycles. The van der Waals surface area contributed by atoms with Gasteiger partial charge in [-0.2, -0.15) is 22.0 Å². The van der Waals surface area contributed by atoms with Crippen LogP contribution in [0.3, 0.4) is 0 Å². The van der Waals surface area contributed by atoms with Crippen molar-refractivity contribution >= 4 is 5.91 Å². The van der Waals surface area contributed by atoms with E-state index in [1.165, 1.54) is 0 Å². The van der Waals surface area contributed by atoms with Gasteiger partial charge >= 0.3 is 18.0 Å². The minimum absolute atomic E-state index is 0.0428. The molecule has 1 amide bonds. The van der Waals surface area contributed by atoms with E-state index >= 15 is 0 Å². The fourth-order valence-corrected chi connectivity index (χ4v) is 2.18. The van der Waals surface area contributed by atoms with E-state index < -0.39 is 24.0 Å². The van der Waals surface area contributed by atoms with Crippen LogP contribution in [0.4, 0.5) is 22.0 Å². The number of alkyl halides is 5. The number of rotatable bonds is 4. The summed E-state index contributed by atoms with van der Waals surface area (Å²) in [5.74, 6) is -7.43. The van der Waals surface area contributed by atoms with Crippen molar-refractivity contribution in [3.63, 3.8) is 0 Å². The molecular weight excluding hydrogens is 271 g/mol. The Morgan fingerprint density at radius 3 is 2.42 bits per heavy atom. The van der Waals surface area contributed by atoms with E-state index in [9.17, 15) is 26.7 Å². The molecule has 0 aromatic rings. The number of nitrogens with one attached hydrogen (secondary N) is 1. The monoisotopic (exact) mass is 288 g/mol. The lowest BCUT2D eigenvalue weighted by atomic mass is 9.98. The third-order valence-electron chi connectivity index (χ3n) is 3.24. The smallest absolute Gasteiger partial charge is 0.334 e. The van der Waals surface area contributed by atoms with Crippen LogP contribution in [0.5, 0.6) is 0 Å². The van der Waals surface area contributed by atoms with Crippen LogP contribution >= 0.6 is 0 Å². The van der Waals surface area contributed by atoms with E-state index in [0.29, 0.717) is 30.7 Å². The lowest BCUT2D eigenvalue weighted by Gasteiger charge is -2.38. The summed E-state index contributed by atoms with van der Waals surface area (Å²) >= 11 is 0. The van der Waals surface area contributed by atoms with Crippen LogP contribution in [0.1, 0.15) is 25.7 Å². The number of likely N-dealkylation sites (tertiary alicyclic amines) is 1. The molecular formula is C11H17F5N2O. The predicted molar refractivity (Wildman–Crippen MR) is 58.9 cm³/mol. The standard InChI is InChI=1S/C11H17F5N2O/c1-17-6-5-8-4-2-3-7-18(8)9(19)10(12,13)11(14,15)16/h8,17H,2-7H2,1H3. The molecule has 1 aliphatic rings. The Kier molecular flexibility index (Phi) is 5.11. The summed E-state index contributed by atoms with van der Waals surface area (Å²) in [6, 6.07) is -0.554. The minimum Gasteiger partial charge on any atom is -0.334 e. The minimum atomic E-state index is -5.84. The van der Waals surface area contributed by atoms with Gasteiger partial charge in [-0.15, -0.1) is 0 Å². The van der Waals surface area contributed by atoms with Crippen molar-refractivity contribution in [3.05, 3.63) is 0 Å². The maximum Gasteiger partial charge on any atom is 0.463 e. The molecule has 0 saturated carbocycles. The van der Waals surface area contributed by atoms with Crippen molar-refractivity contribution in [1.82, 2.24) is 10.2 Å². The van der Waals surface area contributed by atoms with E-state index in [4.69, 9.17) is 0 Å². The first-order chi connectivity index (χ1) is 8.71. The summed E-state index contributed by atoms with van der Waals surface area (Å²) in [7, 11) is 1.65. The molecule has 3 nitrogen and oxygen atoms in total. The summed E-state index contributed by atoms with van der Waals surface area (Å²) < 4.78 is 62.8. The second kappa shape index (κ2) is 6.02. The normalized spacial score (nSPS) is 21.6. The molecule has 1 saturated heterocycles. The van der Waals surface area contributed by atoms with Crippen molar-refractivity contribution in [3.8, 4) is 0 Å². The number of piperidine rings is 1. The van der Waals surface area contributed by atoms with Gasteiger partial charge in [0.25, 0.3) is 0 Å². The predicted octanol–water partition coefficient (Wildman–Crippen LogP) is 2.17. The van der Waals surface area contributed by atoms with Crippen molar-refractivity contribution < 1.29 is 26.7 Å². The van der Waals surface area contributed by atoms with E-state index in [0.717, 1.165) is 6.42 Å². The van der Waals surface area contributed by atoms with Gasteiger partial charge in [-0.25, -0.2) is 0 Å². The van der Waals surface area contributed by atoms with Gasteiger partial charge in [-0.1, -0.05) is 0 Å². The van der Waals surface area contributed by atoms with Gasteiger partial charge in [0, 0.05) is 12.6 Å². The van der Waals surface area contributed by atoms with Gasteiger partial charge in [0.15, 0.2) is 0 Å². The Bertz CT molecular complexity index is 319. The van der Waals surface area contributed by atoms with Crippen LogP contribution in [0.2, 0.25) is 0 Å². The van der Waals surface area contributed by atoms with E-state index in [2.05, 4.69) is 5.32 Å². The number of hydrogen-bond donors (Lipinski definition) is 1. The van der Waals surface area contributed by atoms with E-state index in [1.807, 2.05) is 0 Å². The Morgan fingerprint density at radius 1 is 1.26 bits per heavy atom. The summed E-state index contributed by atoms with van der Waals surface area (Å²) in [6.45, 7) is 0.422. The van der Waals surface area contributed by atoms with Gasteiger partial charge in [0.1, 0.15) is 0 Å². The number of carbonyl (C=O) groups excluding carboxylic acids is 1. The zero-order valence-electron chi connectivity index (χ0n) is 10.6. The van der Waals surface area contributed by atoms with Gasteiger partial charge in [-0.05, 0) is 39.3 Å². The largest absolute Gasteiger partial charge is 0.463 e. The molecule has 0 radical (unpaired) electrons. The summed E-state index contributed by atoms with van der Waals surface area (Å²) in [5.41, 5.74) is 0. The average molecular weight is 288 g/mol. The molecule has 112 valence electrons. The zero-order chi connectivity index (χ0) is 14.7. The number of amides is 1. The van der Waals surface area contributed by atoms with Crippen LogP contribution in [0, 0.1) is 0 Å². The highest BCUT2D eigenvalue weighted by Gasteiger charge is 2.65. The lowest BCUT2D eigenvalue weighted by molar-refractivity contribution is -0.275. The second-order valence-electron chi connectivity index (χ2n) is 4.61. The van der Waals surface area contributed by atoms with Crippen LogP contribution in [-0.4, -0.2) is 49.1 Å². The molecule has 8 heteroatoms. The third kappa shape index (κ3) is 3.55. The molecule has 0 spiro atoms. The Labute approximate surface area is 108 Å². The number of halogens is 5. The quantitative estimate of drug-likeness (QED) is 0.804. The molecule has 1 unspecified atom stereocenters. The Balaban J connectivity index is 2.82. The maximum atomic E-state index is 13.1. The maximum absolute atomic E-state index is 13.1. The second-order valence-corrected chi connectivity index (χ2v) is 4.61. The van der Waals surface area contributed by atoms with Crippen LogP contribution in [0.25, 0.3) is 0 Å². The fraction of sp³-hybridized carbons (Fsp3) is 0.909. The zero-order valence-corrected chi connectivity index (χ0v) is 10.6. The average Bonchev–Trinajstić information content (AvgIpc) is 2.34. The number of nitrogens with zero attached hydrogens (tertiary/aromatic N) is 1. The molecule has 1 heterocycles. The Hall–Kier alpha value is -0.920. The topological polar surface area (TPSA) is 32.3 Å². The fourth-order valence-electron chi connectivity index (χ4n) is 2.18. The number of hydrogen-bond acceptors (Lipinski definition) is 2. The first-order valence-electron chi connectivity index (χ1n) is 6.12. The van der Waals surface area contributed by atoms with Gasteiger partial charge in [0.2, 0.25) is 0 Å². The van der Waals surface area contributed by atoms with Gasteiger partial charge in [0.05, 0.1) is 0 Å². The first kappa shape index (κ1) is 16.1. The molecule has 1 fully saturated rings. The van der Waals surface area contributed by atoms with Crippen LogP contribution < -0.4 is 5.32 Å². The highest BCUT2D eigenvalue weighted by molar-refractivity contribution is 5.84. The van der Waals surface area contributed by atoms with E-state index in [-0.39, 0.29) is 6.54 Å². The van der Waals surface area contributed by atoms with Crippen molar-refractivity contribution in [2.75, 3.05) is 20.1 Å². The van der Waals surface area contributed by atoms with Crippen molar-refractivity contribution in [2.45, 2.75) is 43.8 Å². The SMILES string of the molecule is CNCCC1CCCCN1C(=O)C(F)(F)C(F)(F)F. The molecule has 1 atom stereocenters. The number of carbonyl (C=O) groups is 1. The van der Waals surface area contributed by atoms with Crippen molar-refractivity contribution in [2.24, 2.45) is 0 Å².